The molecule has 2 N–H and O–H groups in total. The van der Waals surface area contributed by atoms with Crippen LogP contribution in [-0.2, 0) is 0 Å². The summed E-state index contributed by atoms with van der Waals surface area (Å²) in [5, 5.41) is 5.01. The molecule has 0 amide bonds. The second-order valence-electron chi connectivity index (χ2n) is 3.68. The van der Waals surface area contributed by atoms with E-state index in [1.54, 1.807) is 10.6 Å². The van der Waals surface area contributed by atoms with E-state index >= 15 is 0 Å². The van der Waals surface area contributed by atoms with Crippen LogP contribution in [0.4, 0.5) is 5.69 Å². The van der Waals surface area contributed by atoms with Gasteiger partial charge in [-0.05, 0) is 24.3 Å². The zero-order valence-corrected chi connectivity index (χ0v) is 9.59. The Labute approximate surface area is 103 Å². The largest absolute Gasteiger partial charge is 0.396 e. The number of hydrogen-bond acceptors (Lipinski definition) is 3. The number of nitrogen functional groups attached to an aromatic ring is 1. The fraction of sp³-hybridized carbons (Fsp3) is 0. The van der Waals surface area contributed by atoms with Crippen LogP contribution in [-0.4, -0.2) is 14.6 Å². The van der Waals surface area contributed by atoms with Crippen LogP contribution < -0.4 is 5.73 Å². The lowest BCUT2D eigenvalue weighted by Gasteiger charge is -1.94. The van der Waals surface area contributed by atoms with E-state index < -0.39 is 0 Å². The third-order valence-corrected chi connectivity index (χ3v) is 2.71. The van der Waals surface area contributed by atoms with Crippen molar-refractivity contribution in [2.45, 2.75) is 0 Å². The lowest BCUT2D eigenvalue weighted by molar-refractivity contribution is 0.967. The SMILES string of the molecule is Nc1cccn2nc(-c3cccc(Cl)c3)nc12. The van der Waals surface area contributed by atoms with Gasteiger partial charge in [-0.1, -0.05) is 23.7 Å². The van der Waals surface area contributed by atoms with Crippen LogP contribution in [0.1, 0.15) is 0 Å². The van der Waals surface area contributed by atoms with Crippen LogP contribution in [0.25, 0.3) is 17.0 Å². The molecule has 3 aromatic rings. The second kappa shape index (κ2) is 3.75. The van der Waals surface area contributed by atoms with Gasteiger partial charge < -0.3 is 5.73 Å². The highest BCUT2D eigenvalue weighted by Gasteiger charge is 2.08. The zero-order chi connectivity index (χ0) is 11.8. The minimum Gasteiger partial charge on any atom is -0.396 e. The van der Waals surface area contributed by atoms with E-state index in [0.717, 1.165) is 5.56 Å². The Morgan fingerprint density at radius 1 is 1.18 bits per heavy atom. The summed E-state index contributed by atoms with van der Waals surface area (Å²) in [6.45, 7) is 0. The number of anilines is 1. The first kappa shape index (κ1) is 10.1. The maximum atomic E-state index is 5.94. The molecule has 0 radical (unpaired) electrons. The topological polar surface area (TPSA) is 56.2 Å². The monoisotopic (exact) mass is 244 g/mol. The van der Waals surface area contributed by atoms with E-state index in [-0.39, 0.29) is 0 Å². The number of nitrogens with zero attached hydrogens (tertiary/aromatic N) is 3. The van der Waals surface area contributed by atoms with Crippen molar-refractivity contribution >= 4 is 22.9 Å². The van der Waals surface area contributed by atoms with E-state index in [2.05, 4.69) is 10.1 Å². The Kier molecular flexibility index (Phi) is 2.23. The van der Waals surface area contributed by atoms with E-state index in [4.69, 9.17) is 17.3 Å². The van der Waals surface area contributed by atoms with Gasteiger partial charge in [-0.3, -0.25) is 0 Å². The van der Waals surface area contributed by atoms with E-state index in [0.29, 0.717) is 22.2 Å². The van der Waals surface area contributed by atoms with Crippen molar-refractivity contribution in [1.29, 1.82) is 0 Å². The molecule has 0 saturated carbocycles. The number of benzene rings is 1. The molecule has 84 valence electrons. The molecule has 0 spiro atoms. The van der Waals surface area contributed by atoms with Gasteiger partial charge in [0.2, 0.25) is 0 Å². The Morgan fingerprint density at radius 3 is 2.82 bits per heavy atom. The normalized spacial score (nSPS) is 10.9. The highest BCUT2D eigenvalue weighted by molar-refractivity contribution is 6.30. The molecule has 0 bridgehead atoms. The number of rotatable bonds is 1. The van der Waals surface area contributed by atoms with Crippen molar-refractivity contribution in [2.24, 2.45) is 0 Å². The molecule has 3 rings (SSSR count). The van der Waals surface area contributed by atoms with Crippen molar-refractivity contribution in [3.63, 3.8) is 0 Å². The van der Waals surface area contributed by atoms with Gasteiger partial charge in [-0.2, -0.15) is 0 Å². The van der Waals surface area contributed by atoms with Crippen molar-refractivity contribution in [3.8, 4) is 11.4 Å². The molecule has 17 heavy (non-hydrogen) atoms. The zero-order valence-electron chi connectivity index (χ0n) is 8.84. The summed E-state index contributed by atoms with van der Waals surface area (Å²) >= 11 is 5.94. The molecule has 0 aliphatic heterocycles. The quantitative estimate of drug-likeness (QED) is 0.716. The van der Waals surface area contributed by atoms with Crippen molar-refractivity contribution in [1.82, 2.24) is 14.6 Å². The van der Waals surface area contributed by atoms with E-state index in [9.17, 15) is 0 Å². The lowest BCUT2D eigenvalue weighted by Crippen LogP contribution is -1.92. The molecule has 1 aromatic carbocycles. The fourth-order valence-corrected chi connectivity index (χ4v) is 1.87. The summed E-state index contributed by atoms with van der Waals surface area (Å²) in [5.41, 5.74) is 7.96. The van der Waals surface area contributed by atoms with E-state index in [1.165, 1.54) is 0 Å². The van der Waals surface area contributed by atoms with Crippen molar-refractivity contribution in [3.05, 3.63) is 47.6 Å². The number of nitrogens with two attached hydrogens (primary N) is 1. The predicted octanol–water partition coefficient (Wildman–Crippen LogP) is 2.63. The van der Waals surface area contributed by atoms with Gasteiger partial charge in [0.1, 0.15) is 0 Å². The van der Waals surface area contributed by atoms with Crippen LogP contribution in [0.3, 0.4) is 0 Å². The first-order chi connectivity index (χ1) is 8.24. The first-order valence-electron chi connectivity index (χ1n) is 5.11. The number of hydrogen-bond donors (Lipinski definition) is 1. The summed E-state index contributed by atoms with van der Waals surface area (Å²) in [6, 6.07) is 11.1. The smallest absolute Gasteiger partial charge is 0.182 e. The lowest BCUT2D eigenvalue weighted by atomic mass is 10.2. The molecular formula is C12H9ClN4. The highest BCUT2D eigenvalue weighted by Crippen LogP contribution is 2.21. The van der Waals surface area contributed by atoms with Gasteiger partial charge in [0, 0.05) is 16.8 Å². The second-order valence-corrected chi connectivity index (χ2v) is 4.11. The minimum atomic E-state index is 0.605. The third-order valence-electron chi connectivity index (χ3n) is 2.48. The van der Waals surface area contributed by atoms with E-state index in [1.807, 2.05) is 36.5 Å². The van der Waals surface area contributed by atoms with Gasteiger partial charge in [0.15, 0.2) is 11.5 Å². The summed E-state index contributed by atoms with van der Waals surface area (Å²) in [4.78, 5) is 4.39. The molecule has 5 heteroatoms. The molecule has 4 nitrogen and oxygen atoms in total. The molecule has 0 atom stereocenters. The molecule has 0 fully saturated rings. The molecule has 0 aliphatic carbocycles. The summed E-state index contributed by atoms with van der Waals surface area (Å²) in [5.74, 6) is 0.616. The van der Waals surface area contributed by atoms with Crippen LogP contribution in [0.5, 0.6) is 0 Å². The third kappa shape index (κ3) is 1.72. The summed E-state index contributed by atoms with van der Waals surface area (Å²) in [7, 11) is 0. The number of halogens is 1. The Balaban J connectivity index is 2.22. The first-order valence-corrected chi connectivity index (χ1v) is 5.48. The highest BCUT2D eigenvalue weighted by atomic mass is 35.5. The molecule has 2 aromatic heterocycles. The van der Waals surface area contributed by atoms with Gasteiger partial charge in [-0.15, -0.1) is 5.10 Å². The Hall–Kier alpha value is -2.07. The van der Waals surface area contributed by atoms with Crippen LogP contribution in [0.2, 0.25) is 5.02 Å². The predicted molar refractivity (Wildman–Crippen MR) is 67.8 cm³/mol. The van der Waals surface area contributed by atoms with Gasteiger partial charge in [0.25, 0.3) is 0 Å². The maximum Gasteiger partial charge on any atom is 0.182 e. The Bertz CT molecular complexity index is 690. The fourth-order valence-electron chi connectivity index (χ4n) is 1.68. The van der Waals surface area contributed by atoms with Crippen molar-refractivity contribution in [2.75, 3.05) is 5.73 Å². The maximum absolute atomic E-state index is 5.94. The molecule has 2 heterocycles. The number of fused-ring (bicyclic) bond motifs is 1. The molecule has 0 aliphatic rings. The Morgan fingerprint density at radius 2 is 2.06 bits per heavy atom. The number of aromatic nitrogens is 3. The summed E-state index contributed by atoms with van der Waals surface area (Å²) in [6.07, 6.45) is 1.81. The molecule has 0 unspecified atom stereocenters. The molecule has 0 saturated heterocycles. The summed E-state index contributed by atoms with van der Waals surface area (Å²) < 4.78 is 1.66. The molecular weight excluding hydrogens is 236 g/mol. The van der Waals surface area contributed by atoms with Gasteiger partial charge >= 0.3 is 0 Å². The average Bonchev–Trinajstić information content (AvgIpc) is 2.74. The standard InChI is InChI=1S/C12H9ClN4/c13-9-4-1-3-8(7-9)11-15-12-10(14)5-2-6-17(12)16-11/h1-7H,14H2. The average molecular weight is 245 g/mol. The van der Waals surface area contributed by atoms with Gasteiger partial charge in [0.05, 0.1) is 5.69 Å². The van der Waals surface area contributed by atoms with Gasteiger partial charge in [-0.25, -0.2) is 9.50 Å². The minimum absolute atomic E-state index is 0.605. The van der Waals surface area contributed by atoms with Crippen molar-refractivity contribution < 1.29 is 0 Å². The van der Waals surface area contributed by atoms with Crippen LogP contribution >= 0.6 is 11.6 Å². The number of pyridine rings is 1. The van der Waals surface area contributed by atoms with Crippen LogP contribution in [0.15, 0.2) is 42.6 Å². The van der Waals surface area contributed by atoms with Crippen LogP contribution in [0, 0.1) is 0 Å².